The number of nitrogens with two attached hydrogens (primary N) is 2. The molecule has 3 rings (SSSR count). The molecule has 2 amide bonds. The Balaban J connectivity index is 0.00000400. The number of hydrogen-bond acceptors (Lipinski definition) is 6. The molecule has 3 atom stereocenters. The molecular formula is C31H55N5O3. The van der Waals surface area contributed by atoms with E-state index in [0.29, 0.717) is 43.0 Å². The molecule has 1 aliphatic carbocycles. The second kappa shape index (κ2) is 15.9. The van der Waals surface area contributed by atoms with E-state index >= 15 is 0 Å². The van der Waals surface area contributed by atoms with Crippen LogP contribution in [0, 0.1) is 17.8 Å². The molecule has 8 heteroatoms. The number of amides is 2. The van der Waals surface area contributed by atoms with E-state index in [4.69, 9.17) is 16.3 Å². The van der Waals surface area contributed by atoms with Gasteiger partial charge in [0, 0.05) is 44.4 Å². The largest absolute Gasteiger partial charge is 0.450 e. The van der Waals surface area contributed by atoms with Crippen LogP contribution in [-0.2, 0) is 11.2 Å². The molecule has 1 saturated heterocycles. The number of likely N-dealkylation sites (tertiary alicyclic amines) is 1. The number of hydrazine groups is 1. The molecule has 0 radical (unpaired) electrons. The van der Waals surface area contributed by atoms with Crippen LogP contribution in [0.4, 0.5) is 4.79 Å². The molecule has 0 aromatic heterocycles. The molecule has 3 unspecified atom stereocenters. The fraction of sp³-hybridized carbons (Fsp3) is 0.677. The Bertz CT molecular complexity index is 929. The molecule has 1 aromatic carbocycles. The normalized spacial score (nSPS) is 21.7. The van der Waals surface area contributed by atoms with Crippen LogP contribution in [0.2, 0.25) is 0 Å². The third kappa shape index (κ3) is 8.97. The van der Waals surface area contributed by atoms with E-state index in [0.717, 1.165) is 57.2 Å². The number of rotatable bonds is 11. The van der Waals surface area contributed by atoms with Crippen molar-refractivity contribution >= 4 is 12.0 Å². The Morgan fingerprint density at radius 3 is 2.38 bits per heavy atom. The van der Waals surface area contributed by atoms with Crippen molar-refractivity contribution in [2.45, 2.75) is 92.2 Å². The summed E-state index contributed by atoms with van der Waals surface area (Å²) >= 11 is 0. The van der Waals surface area contributed by atoms with Crippen molar-refractivity contribution in [2.24, 2.45) is 29.3 Å². The van der Waals surface area contributed by atoms with Crippen molar-refractivity contribution in [3.05, 3.63) is 47.2 Å². The van der Waals surface area contributed by atoms with Gasteiger partial charge < -0.3 is 25.7 Å². The number of hydrogen-bond donors (Lipinski definition) is 3. The van der Waals surface area contributed by atoms with Gasteiger partial charge in [0.2, 0.25) is 0 Å². The Kier molecular flexibility index (Phi) is 13.3. The van der Waals surface area contributed by atoms with E-state index in [1.807, 2.05) is 24.1 Å². The van der Waals surface area contributed by atoms with Crippen LogP contribution in [0.25, 0.3) is 0 Å². The predicted molar refractivity (Wildman–Crippen MR) is 161 cm³/mol. The molecule has 0 spiro atoms. The van der Waals surface area contributed by atoms with E-state index in [1.165, 1.54) is 5.56 Å². The minimum Gasteiger partial charge on any atom is -0.450 e. The van der Waals surface area contributed by atoms with Gasteiger partial charge in [-0.3, -0.25) is 4.79 Å². The van der Waals surface area contributed by atoms with Crippen molar-refractivity contribution in [1.82, 2.24) is 15.2 Å². The van der Waals surface area contributed by atoms with Gasteiger partial charge in [-0.15, -0.1) is 0 Å². The van der Waals surface area contributed by atoms with Gasteiger partial charge in [-0.05, 0) is 74.5 Å². The number of benzene rings is 1. The van der Waals surface area contributed by atoms with E-state index in [9.17, 15) is 9.59 Å². The van der Waals surface area contributed by atoms with Crippen LogP contribution in [-0.4, -0.2) is 60.2 Å². The van der Waals surface area contributed by atoms with Gasteiger partial charge in [0.25, 0.3) is 5.91 Å². The van der Waals surface area contributed by atoms with E-state index < -0.39 is 0 Å². The van der Waals surface area contributed by atoms with Crippen LogP contribution in [0.3, 0.4) is 0 Å². The number of ether oxygens (including phenoxy) is 1. The average molecular weight is 546 g/mol. The number of allylic oxidation sites excluding steroid dienone is 1. The van der Waals surface area contributed by atoms with Crippen molar-refractivity contribution in [3.63, 3.8) is 0 Å². The van der Waals surface area contributed by atoms with Gasteiger partial charge >= 0.3 is 6.09 Å². The molecule has 2 aliphatic rings. The zero-order chi connectivity index (χ0) is 27.7. The molecule has 1 heterocycles. The molecule has 0 bridgehead atoms. The van der Waals surface area contributed by atoms with Gasteiger partial charge in [-0.1, -0.05) is 59.2 Å². The van der Waals surface area contributed by atoms with Crippen molar-refractivity contribution < 1.29 is 15.8 Å². The Hall–Kier alpha value is -2.58. The van der Waals surface area contributed by atoms with Gasteiger partial charge in [0.15, 0.2) is 0 Å². The number of nitrogens with one attached hydrogen (secondary N) is 1. The lowest BCUT2D eigenvalue weighted by molar-refractivity contribution is 0.0796. The van der Waals surface area contributed by atoms with Gasteiger partial charge in [-0.25, -0.2) is 10.6 Å². The molecular weight excluding hydrogens is 490 g/mol. The highest BCUT2D eigenvalue weighted by molar-refractivity contribution is 5.94. The summed E-state index contributed by atoms with van der Waals surface area (Å²) in [5.74, 6) is 8.04. The minimum atomic E-state index is -0.248. The number of piperidine rings is 1. The van der Waals surface area contributed by atoms with Gasteiger partial charge in [0.1, 0.15) is 0 Å². The summed E-state index contributed by atoms with van der Waals surface area (Å²) in [5.41, 5.74) is 9.46. The fourth-order valence-corrected chi connectivity index (χ4v) is 5.75. The average Bonchev–Trinajstić information content (AvgIpc) is 2.92. The first-order valence-electron chi connectivity index (χ1n) is 14.6. The van der Waals surface area contributed by atoms with E-state index in [-0.39, 0.29) is 32.9 Å². The maximum atomic E-state index is 12.6. The molecule has 5 N–H and O–H groups in total. The second-order valence-corrected chi connectivity index (χ2v) is 11.0. The fourth-order valence-electron chi connectivity index (χ4n) is 5.75. The minimum absolute atomic E-state index is 0. The lowest BCUT2D eigenvalue weighted by Gasteiger charge is -2.42. The maximum absolute atomic E-state index is 12.6. The molecule has 0 saturated carbocycles. The summed E-state index contributed by atoms with van der Waals surface area (Å²) in [4.78, 5) is 26.4. The summed E-state index contributed by atoms with van der Waals surface area (Å²) in [6.45, 7) is 10.9. The third-order valence-electron chi connectivity index (χ3n) is 8.48. The Labute approximate surface area is 238 Å². The van der Waals surface area contributed by atoms with Gasteiger partial charge in [0.05, 0.1) is 6.61 Å². The number of carbonyl (C=O) groups is 2. The zero-order valence-corrected chi connectivity index (χ0v) is 23.8. The van der Waals surface area contributed by atoms with Crippen molar-refractivity contribution in [2.75, 3.05) is 26.2 Å². The SMILES string of the molecule is C.CCOC(=O)N1CCC(N(N)C2=CC(Cc3ccc(C(=O)NCCC(CC)CC)cc3)C(C)CC2N)CC1.[HH]. The number of nitrogens with zero attached hydrogens (tertiary/aromatic N) is 2. The van der Waals surface area contributed by atoms with Crippen LogP contribution in [0.1, 0.15) is 91.0 Å². The van der Waals surface area contributed by atoms with Crippen LogP contribution in [0.15, 0.2) is 36.0 Å². The molecule has 1 aromatic rings. The van der Waals surface area contributed by atoms with Gasteiger partial charge in [-0.2, -0.15) is 0 Å². The lowest BCUT2D eigenvalue weighted by atomic mass is 9.78. The Morgan fingerprint density at radius 1 is 1.15 bits per heavy atom. The zero-order valence-electron chi connectivity index (χ0n) is 23.8. The van der Waals surface area contributed by atoms with E-state index in [1.54, 1.807) is 4.90 Å². The van der Waals surface area contributed by atoms with E-state index in [2.05, 4.69) is 44.3 Å². The lowest BCUT2D eigenvalue weighted by Crippen LogP contribution is -2.52. The second-order valence-electron chi connectivity index (χ2n) is 11.0. The molecule has 8 nitrogen and oxygen atoms in total. The number of carbonyl (C=O) groups excluding carboxylic acids is 2. The topological polar surface area (TPSA) is 114 Å². The summed E-state index contributed by atoms with van der Waals surface area (Å²) in [6.07, 6.45) is 8.68. The highest BCUT2D eigenvalue weighted by atomic mass is 16.6. The molecule has 1 aliphatic heterocycles. The standard InChI is InChI=1S/C30H49N5O3.CH4.H2/c1-5-22(6-2)12-15-33-29(36)24-10-8-23(9-11-24)19-25-20-28(27(31)18-21(25)4)35(32)26-13-16-34(17-14-26)30(37)38-7-3;;/h8-11,20-22,25-27H,5-7,12-19,31-32H2,1-4H3,(H,33,36);1H4;1H. The molecule has 39 heavy (non-hydrogen) atoms. The first kappa shape index (κ1) is 32.6. The Morgan fingerprint density at radius 2 is 1.79 bits per heavy atom. The predicted octanol–water partition coefficient (Wildman–Crippen LogP) is 5.33. The van der Waals surface area contributed by atoms with Crippen LogP contribution >= 0.6 is 0 Å². The summed E-state index contributed by atoms with van der Waals surface area (Å²) in [7, 11) is 0. The van der Waals surface area contributed by atoms with Crippen molar-refractivity contribution in [3.8, 4) is 0 Å². The summed E-state index contributed by atoms with van der Waals surface area (Å²) in [5, 5.41) is 4.93. The van der Waals surface area contributed by atoms with Crippen LogP contribution in [0.5, 0.6) is 0 Å². The quantitative estimate of drug-likeness (QED) is 0.256. The van der Waals surface area contributed by atoms with Crippen molar-refractivity contribution in [1.29, 1.82) is 0 Å². The highest BCUT2D eigenvalue weighted by Gasteiger charge is 2.33. The molecule has 222 valence electrons. The molecule has 1 fully saturated rings. The summed E-state index contributed by atoms with van der Waals surface area (Å²) < 4.78 is 5.14. The van der Waals surface area contributed by atoms with Crippen LogP contribution < -0.4 is 16.9 Å². The maximum Gasteiger partial charge on any atom is 0.409 e. The smallest absolute Gasteiger partial charge is 0.409 e. The first-order valence-corrected chi connectivity index (χ1v) is 14.6. The highest BCUT2D eigenvalue weighted by Crippen LogP contribution is 2.33. The third-order valence-corrected chi connectivity index (χ3v) is 8.48. The monoisotopic (exact) mass is 545 g/mol. The summed E-state index contributed by atoms with van der Waals surface area (Å²) in [6, 6.07) is 8.04. The first-order chi connectivity index (χ1) is 18.3.